The number of hydrogen-bond donors (Lipinski definition) is 2. The van der Waals surface area contributed by atoms with Crippen LogP contribution in [0, 0.1) is 0 Å². The first-order chi connectivity index (χ1) is 12.7. The summed E-state index contributed by atoms with van der Waals surface area (Å²) in [6.45, 7) is 4.88. The van der Waals surface area contributed by atoms with Crippen molar-refractivity contribution in [3.8, 4) is 5.75 Å². The molecule has 0 saturated carbocycles. The van der Waals surface area contributed by atoms with E-state index in [-0.39, 0.29) is 0 Å². The van der Waals surface area contributed by atoms with Gasteiger partial charge in [0.15, 0.2) is 5.82 Å². The highest BCUT2D eigenvalue weighted by Gasteiger charge is 2.08. The summed E-state index contributed by atoms with van der Waals surface area (Å²) in [7, 11) is 1.66. The lowest BCUT2D eigenvalue weighted by molar-refractivity contribution is 0.410. The molecule has 134 valence electrons. The van der Waals surface area contributed by atoms with Gasteiger partial charge in [-0.1, -0.05) is 50.2 Å². The summed E-state index contributed by atoms with van der Waals surface area (Å²) in [5.41, 5.74) is 3.29. The molecule has 0 amide bonds. The second kappa shape index (κ2) is 8.29. The Kier molecular flexibility index (Phi) is 5.63. The predicted molar refractivity (Wildman–Crippen MR) is 104 cm³/mol. The van der Waals surface area contributed by atoms with Crippen molar-refractivity contribution in [3.05, 3.63) is 65.9 Å². The number of nitrogens with zero attached hydrogens (tertiary/aromatic N) is 3. The summed E-state index contributed by atoms with van der Waals surface area (Å²) in [6.07, 6.45) is 1.62. The molecule has 0 aliphatic rings. The van der Waals surface area contributed by atoms with Crippen LogP contribution in [0.2, 0.25) is 0 Å². The maximum Gasteiger partial charge on any atom is 0.244 e. The fraction of sp³-hybridized carbons (Fsp3) is 0.250. The second-order valence-corrected chi connectivity index (χ2v) is 6.20. The lowest BCUT2D eigenvalue weighted by atomic mass is 10.0. The summed E-state index contributed by atoms with van der Waals surface area (Å²) < 4.78 is 5.36. The van der Waals surface area contributed by atoms with Gasteiger partial charge in [-0.25, -0.2) is 0 Å². The van der Waals surface area contributed by atoms with Gasteiger partial charge in [-0.2, -0.15) is 10.1 Å². The van der Waals surface area contributed by atoms with Gasteiger partial charge in [0.2, 0.25) is 5.95 Å². The van der Waals surface area contributed by atoms with Gasteiger partial charge in [-0.15, -0.1) is 5.10 Å². The molecule has 3 aromatic rings. The average Bonchev–Trinajstić information content (AvgIpc) is 2.67. The van der Waals surface area contributed by atoms with Gasteiger partial charge >= 0.3 is 0 Å². The van der Waals surface area contributed by atoms with E-state index in [9.17, 15) is 0 Å². The molecule has 1 aromatic heterocycles. The van der Waals surface area contributed by atoms with E-state index in [4.69, 9.17) is 4.74 Å². The van der Waals surface area contributed by atoms with Crippen LogP contribution in [0.1, 0.15) is 30.9 Å². The molecule has 0 fully saturated rings. The number of anilines is 3. The van der Waals surface area contributed by atoms with Crippen molar-refractivity contribution >= 4 is 17.5 Å². The standard InChI is InChI=1S/C20H23N5O/c1-14(2)16-9-5-6-10-17(16)23-19-13-22-25-20(24-19)21-12-15-8-4-7-11-18(15)26-3/h4-11,13-14H,12H2,1-3H3,(H2,21,23,24,25). The van der Waals surface area contributed by atoms with E-state index in [2.05, 4.69) is 45.7 Å². The molecule has 0 unspecified atom stereocenters. The molecule has 2 aromatic carbocycles. The number of nitrogens with one attached hydrogen (secondary N) is 2. The Morgan fingerprint density at radius 3 is 2.62 bits per heavy atom. The Labute approximate surface area is 153 Å². The molecule has 0 atom stereocenters. The first-order valence-corrected chi connectivity index (χ1v) is 8.59. The lowest BCUT2D eigenvalue weighted by Crippen LogP contribution is -2.07. The topological polar surface area (TPSA) is 72.0 Å². The molecule has 0 spiro atoms. The smallest absolute Gasteiger partial charge is 0.244 e. The highest BCUT2D eigenvalue weighted by molar-refractivity contribution is 5.61. The summed E-state index contributed by atoms with van der Waals surface area (Å²) in [5.74, 6) is 2.35. The Morgan fingerprint density at radius 2 is 1.81 bits per heavy atom. The fourth-order valence-electron chi connectivity index (χ4n) is 2.71. The van der Waals surface area contributed by atoms with Crippen LogP contribution in [0.15, 0.2) is 54.7 Å². The third kappa shape index (κ3) is 4.27. The van der Waals surface area contributed by atoms with Crippen LogP contribution in [0.4, 0.5) is 17.5 Å². The van der Waals surface area contributed by atoms with Gasteiger partial charge < -0.3 is 15.4 Å². The van der Waals surface area contributed by atoms with Crippen molar-refractivity contribution < 1.29 is 4.74 Å². The third-order valence-electron chi connectivity index (χ3n) is 4.03. The fourth-order valence-corrected chi connectivity index (χ4v) is 2.71. The molecule has 1 heterocycles. The quantitative estimate of drug-likeness (QED) is 0.660. The largest absolute Gasteiger partial charge is 0.496 e. The van der Waals surface area contributed by atoms with Crippen molar-refractivity contribution in [2.45, 2.75) is 26.3 Å². The van der Waals surface area contributed by atoms with Crippen LogP contribution in [0.5, 0.6) is 5.75 Å². The maximum absolute atomic E-state index is 5.36. The summed E-state index contributed by atoms with van der Waals surface area (Å²) in [6, 6.07) is 16.0. The minimum atomic E-state index is 0.414. The Balaban J connectivity index is 1.73. The van der Waals surface area contributed by atoms with Gasteiger partial charge in [0.25, 0.3) is 0 Å². The van der Waals surface area contributed by atoms with E-state index < -0.39 is 0 Å². The molecule has 26 heavy (non-hydrogen) atoms. The normalized spacial score (nSPS) is 10.6. The van der Waals surface area contributed by atoms with Crippen LogP contribution >= 0.6 is 0 Å². The van der Waals surface area contributed by atoms with Crippen LogP contribution in [-0.2, 0) is 6.54 Å². The van der Waals surface area contributed by atoms with E-state index in [1.165, 1.54) is 5.56 Å². The highest BCUT2D eigenvalue weighted by Crippen LogP contribution is 2.26. The van der Waals surface area contributed by atoms with E-state index in [0.717, 1.165) is 17.0 Å². The Hall–Kier alpha value is -3.15. The summed E-state index contributed by atoms with van der Waals surface area (Å²) in [4.78, 5) is 4.50. The van der Waals surface area contributed by atoms with Gasteiger partial charge in [-0.3, -0.25) is 0 Å². The minimum Gasteiger partial charge on any atom is -0.496 e. The van der Waals surface area contributed by atoms with Crippen molar-refractivity contribution in [2.75, 3.05) is 17.7 Å². The van der Waals surface area contributed by atoms with Gasteiger partial charge in [0.05, 0.1) is 13.3 Å². The number of aromatic nitrogens is 3. The first-order valence-electron chi connectivity index (χ1n) is 8.59. The maximum atomic E-state index is 5.36. The predicted octanol–water partition coefficient (Wildman–Crippen LogP) is 4.36. The number of hydrogen-bond acceptors (Lipinski definition) is 6. The zero-order chi connectivity index (χ0) is 18.4. The molecule has 0 aliphatic carbocycles. The van der Waals surface area contributed by atoms with Gasteiger partial charge in [0.1, 0.15) is 5.75 Å². The van der Waals surface area contributed by atoms with Crippen molar-refractivity contribution in [2.24, 2.45) is 0 Å². The monoisotopic (exact) mass is 349 g/mol. The van der Waals surface area contributed by atoms with E-state index in [0.29, 0.717) is 24.2 Å². The van der Waals surface area contributed by atoms with Gasteiger partial charge in [-0.05, 0) is 23.6 Å². The SMILES string of the molecule is COc1ccccc1CNc1nncc(Nc2ccccc2C(C)C)n1. The van der Waals surface area contributed by atoms with E-state index in [1.54, 1.807) is 13.3 Å². The van der Waals surface area contributed by atoms with Crippen LogP contribution < -0.4 is 15.4 Å². The van der Waals surface area contributed by atoms with Crippen molar-refractivity contribution in [1.82, 2.24) is 15.2 Å². The third-order valence-corrected chi connectivity index (χ3v) is 4.03. The Morgan fingerprint density at radius 1 is 1.04 bits per heavy atom. The molecule has 0 bridgehead atoms. The molecule has 0 aliphatic heterocycles. The second-order valence-electron chi connectivity index (χ2n) is 6.20. The average molecular weight is 349 g/mol. The number of rotatable bonds is 7. The van der Waals surface area contributed by atoms with E-state index in [1.807, 2.05) is 42.5 Å². The molecule has 6 heteroatoms. The van der Waals surface area contributed by atoms with Crippen LogP contribution in [-0.4, -0.2) is 22.3 Å². The molecular weight excluding hydrogens is 326 g/mol. The van der Waals surface area contributed by atoms with Crippen molar-refractivity contribution in [1.29, 1.82) is 0 Å². The molecule has 3 rings (SSSR count). The zero-order valence-corrected chi connectivity index (χ0v) is 15.2. The molecule has 2 N–H and O–H groups in total. The number of benzene rings is 2. The number of ether oxygens (including phenoxy) is 1. The molecule has 6 nitrogen and oxygen atoms in total. The van der Waals surface area contributed by atoms with Crippen LogP contribution in [0.25, 0.3) is 0 Å². The molecule has 0 radical (unpaired) electrons. The summed E-state index contributed by atoms with van der Waals surface area (Å²) >= 11 is 0. The van der Waals surface area contributed by atoms with Crippen LogP contribution in [0.3, 0.4) is 0 Å². The van der Waals surface area contributed by atoms with Gasteiger partial charge in [0, 0.05) is 17.8 Å². The number of para-hydroxylation sites is 2. The number of methoxy groups -OCH3 is 1. The minimum absolute atomic E-state index is 0.414. The Bertz CT molecular complexity index is 866. The molecule has 0 saturated heterocycles. The highest BCUT2D eigenvalue weighted by atomic mass is 16.5. The lowest BCUT2D eigenvalue weighted by Gasteiger charge is -2.14. The van der Waals surface area contributed by atoms with Crippen molar-refractivity contribution in [3.63, 3.8) is 0 Å². The molecular formula is C20H23N5O. The summed E-state index contributed by atoms with van der Waals surface area (Å²) in [5, 5.41) is 14.6. The zero-order valence-electron chi connectivity index (χ0n) is 15.2. The first kappa shape index (κ1) is 17.7. The van der Waals surface area contributed by atoms with E-state index >= 15 is 0 Å².